The quantitative estimate of drug-likeness (QED) is 0.882. The van der Waals surface area contributed by atoms with Gasteiger partial charge in [-0.25, -0.2) is 0 Å². The third-order valence-corrected chi connectivity index (χ3v) is 4.48. The van der Waals surface area contributed by atoms with E-state index in [0.717, 1.165) is 24.0 Å². The Labute approximate surface area is 126 Å². The Morgan fingerprint density at radius 1 is 1.24 bits per heavy atom. The van der Waals surface area contributed by atoms with Gasteiger partial charge in [0.15, 0.2) is 0 Å². The highest BCUT2D eigenvalue weighted by molar-refractivity contribution is 5.20. The first kappa shape index (κ1) is 14.4. The third kappa shape index (κ3) is 3.20. The SMILES string of the molecule is CC1CC1c1ccc(C(CN)N(C)Cc2ccccc2)o1. The van der Waals surface area contributed by atoms with Crippen molar-refractivity contribution >= 4 is 0 Å². The van der Waals surface area contributed by atoms with E-state index < -0.39 is 0 Å². The molecule has 1 aliphatic carbocycles. The molecule has 112 valence electrons. The van der Waals surface area contributed by atoms with E-state index >= 15 is 0 Å². The molecule has 2 aromatic rings. The summed E-state index contributed by atoms with van der Waals surface area (Å²) < 4.78 is 6.07. The first-order valence-corrected chi connectivity index (χ1v) is 7.73. The van der Waals surface area contributed by atoms with Gasteiger partial charge < -0.3 is 10.2 Å². The summed E-state index contributed by atoms with van der Waals surface area (Å²) in [5, 5.41) is 0. The first-order chi connectivity index (χ1) is 10.2. The highest BCUT2D eigenvalue weighted by atomic mass is 16.3. The molecule has 3 heteroatoms. The van der Waals surface area contributed by atoms with E-state index in [1.165, 1.54) is 12.0 Å². The van der Waals surface area contributed by atoms with E-state index in [1.807, 2.05) is 6.07 Å². The van der Waals surface area contributed by atoms with Crippen molar-refractivity contribution in [3.8, 4) is 0 Å². The number of benzene rings is 1. The first-order valence-electron chi connectivity index (χ1n) is 7.73. The van der Waals surface area contributed by atoms with Crippen molar-refractivity contribution in [1.29, 1.82) is 0 Å². The van der Waals surface area contributed by atoms with E-state index in [9.17, 15) is 0 Å². The van der Waals surface area contributed by atoms with Gasteiger partial charge in [-0.1, -0.05) is 37.3 Å². The van der Waals surface area contributed by atoms with Gasteiger partial charge in [-0.3, -0.25) is 4.90 Å². The number of nitrogens with zero attached hydrogens (tertiary/aromatic N) is 1. The second-order valence-corrected chi connectivity index (χ2v) is 6.21. The Hall–Kier alpha value is -1.58. The van der Waals surface area contributed by atoms with Crippen LogP contribution in [0, 0.1) is 5.92 Å². The molecule has 1 aliphatic rings. The Kier molecular flexibility index (Phi) is 4.13. The van der Waals surface area contributed by atoms with Crippen LogP contribution in [-0.4, -0.2) is 18.5 Å². The molecular weight excluding hydrogens is 260 g/mol. The molecule has 0 aliphatic heterocycles. The van der Waals surface area contributed by atoms with Crippen LogP contribution >= 0.6 is 0 Å². The second-order valence-electron chi connectivity index (χ2n) is 6.21. The van der Waals surface area contributed by atoms with Gasteiger partial charge in [0.05, 0.1) is 6.04 Å². The molecular formula is C18H24N2O. The Bertz CT molecular complexity index is 578. The molecule has 3 rings (SSSR count). The maximum Gasteiger partial charge on any atom is 0.122 e. The fourth-order valence-electron chi connectivity index (χ4n) is 2.96. The van der Waals surface area contributed by atoms with E-state index in [2.05, 4.69) is 55.3 Å². The maximum absolute atomic E-state index is 6.07. The van der Waals surface area contributed by atoms with E-state index in [0.29, 0.717) is 12.5 Å². The number of hydrogen-bond acceptors (Lipinski definition) is 3. The summed E-state index contributed by atoms with van der Waals surface area (Å²) in [6.07, 6.45) is 1.25. The topological polar surface area (TPSA) is 42.4 Å². The zero-order valence-corrected chi connectivity index (χ0v) is 12.8. The van der Waals surface area contributed by atoms with Crippen LogP contribution in [0.1, 0.15) is 42.4 Å². The predicted molar refractivity (Wildman–Crippen MR) is 84.9 cm³/mol. The molecule has 1 saturated carbocycles. The number of hydrogen-bond donors (Lipinski definition) is 1. The summed E-state index contributed by atoms with van der Waals surface area (Å²) in [5.74, 6) is 3.51. The van der Waals surface area contributed by atoms with Gasteiger partial charge in [-0.15, -0.1) is 0 Å². The smallest absolute Gasteiger partial charge is 0.122 e. The van der Waals surface area contributed by atoms with Crippen LogP contribution in [0.2, 0.25) is 0 Å². The second kappa shape index (κ2) is 6.04. The average molecular weight is 284 g/mol. The lowest BCUT2D eigenvalue weighted by Gasteiger charge is -2.25. The standard InChI is InChI=1S/C18H24N2O/c1-13-10-15(13)17-8-9-18(21-17)16(11-19)20(2)12-14-6-4-3-5-7-14/h3-9,13,15-16H,10-12,19H2,1-2H3. The summed E-state index contributed by atoms with van der Waals surface area (Å²) in [4.78, 5) is 2.26. The third-order valence-electron chi connectivity index (χ3n) is 4.48. The number of nitrogens with two attached hydrogens (primary N) is 1. The van der Waals surface area contributed by atoms with Gasteiger partial charge in [0.2, 0.25) is 0 Å². The van der Waals surface area contributed by atoms with E-state index in [4.69, 9.17) is 10.2 Å². The fourth-order valence-corrected chi connectivity index (χ4v) is 2.96. The molecule has 21 heavy (non-hydrogen) atoms. The molecule has 1 aromatic carbocycles. The fraction of sp³-hybridized carbons (Fsp3) is 0.444. The Morgan fingerprint density at radius 3 is 2.57 bits per heavy atom. The minimum atomic E-state index is 0.132. The molecule has 3 atom stereocenters. The molecule has 2 N–H and O–H groups in total. The molecule has 0 spiro atoms. The predicted octanol–water partition coefficient (Wildman–Crippen LogP) is 3.53. The average Bonchev–Trinajstić information content (AvgIpc) is 3.02. The highest BCUT2D eigenvalue weighted by Gasteiger charge is 2.37. The van der Waals surface area contributed by atoms with Crippen LogP contribution in [-0.2, 0) is 6.54 Å². The Balaban J connectivity index is 1.70. The highest BCUT2D eigenvalue weighted by Crippen LogP contribution is 2.47. The summed E-state index contributed by atoms with van der Waals surface area (Å²) in [6, 6.07) is 14.8. The molecule has 1 fully saturated rings. The molecule has 3 nitrogen and oxygen atoms in total. The molecule has 1 heterocycles. The van der Waals surface area contributed by atoms with Gasteiger partial charge in [-0.05, 0) is 37.1 Å². The molecule has 3 unspecified atom stereocenters. The minimum Gasteiger partial charge on any atom is -0.464 e. The van der Waals surface area contributed by atoms with Crippen LogP contribution in [0.4, 0.5) is 0 Å². The van der Waals surface area contributed by atoms with E-state index in [-0.39, 0.29) is 6.04 Å². The van der Waals surface area contributed by atoms with Gasteiger partial charge in [0.25, 0.3) is 0 Å². The number of furan rings is 1. The summed E-state index contributed by atoms with van der Waals surface area (Å²) in [5.41, 5.74) is 7.28. The van der Waals surface area contributed by atoms with Crippen molar-refractivity contribution in [3.05, 3.63) is 59.5 Å². The van der Waals surface area contributed by atoms with Crippen molar-refractivity contribution in [2.24, 2.45) is 11.7 Å². The van der Waals surface area contributed by atoms with Gasteiger partial charge in [0.1, 0.15) is 11.5 Å². The van der Waals surface area contributed by atoms with Crippen molar-refractivity contribution in [1.82, 2.24) is 4.90 Å². The molecule has 0 bridgehead atoms. The van der Waals surface area contributed by atoms with E-state index in [1.54, 1.807) is 0 Å². The van der Waals surface area contributed by atoms with Crippen LogP contribution in [0.15, 0.2) is 46.9 Å². The largest absolute Gasteiger partial charge is 0.464 e. The monoisotopic (exact) mass is 284 g/mol. The van der Waals surface area contributed by atoms with Crippen LogP contribution in [0.5, 0.6) is 0 Å². The summed E-state index contributed by atoms with van der Waals surface area (Å²) in [7, 11) is 2.10. The zero-order valence-electron chi connectivity index (χ0n) is 12.8. The van der Waals surface area contributed by atoms with Gasteiger partial charge in [-0.2, -0.15) is 0 Å². The summed E-state index contributed by atoms with van der Waals surface area (Å²) in [6.45, 7) is 3.71. The zero-order chi connectivity index (χ0) is 14.8. The van der Waals surface area contributed by atoms with Crippen molar-refractivity contribution in [2.45, 2.75) is 31.8 Å². The maximum atomic E-state index is 6.07. The molecule has 0 saturated heterocycles. The lowest BCUT2D eigenvalue weighted by molar-refractivity contribution is 0.210. The minimum absolute atomic E-state index is 0.132. The number of likely N-dealkylation sites (N-methyl/N-ethyl adjacent to an activating group) is 1. The number of rotatable bonds is 6. The normalized spacial score (nSPS) is 22.5. The molecule has 1 aromatic heterocycles. The summed E-state index contributed by atoms with van der Waals surface area (Å²) >= 11 is 0. The lowest BCUT2D eigenvalue weighted by Crippen LogP contribution is -2.29. The van der Waals surface area contributed by atoms with Crippen molar-refractivity contribution < 1.29 is 4.42 Å². The lowest BCUT2D eigenvalue weighted by atomic mass is 10.1. The van der Waals surface area contributed by atoms with Crippen LogP contribution in [0.3, 0.4) is 0 Å². The van der Waals surface area contributed by atoms with Gasteiger partial charge in [0, 0.05) is 19.0 Å². The Morgan fingerprint density at radius 2 is 1.95 bits per heavy atom. The van der Waals surface area contributed by atoms with Crippen LogP contribution < -0.4 is 5.73 Å². The molecule has 0 amide bonds. The van der Waals surface area contributed by atoms with Crippen molar-refractivity contribution in [3.63, 3.8) is 0 Å². The van der Waals surface area contributed by atoms with Crippen molar-refractivity contribution in [2.75, 3.05) is 13.6 Å². The van der Waals surface area contributed by atoms with Crippen LogP contribution in [0.25, 0.3) is 0 Å². The van der Waals surface area contributed by atoms with Gasteiger partial charge >= 0.3 is 0 Å². The molecule has 0 radical (unpaired) electrons.